The van der Waals surface area contributed by atoms with Crippen molar-refractivity contribution < 1.29 is 9.13 Å². The average molecular weight is 343 g/mol. The second-order valence-corrected chi connectivity index (χ2v) is 6.71. The van der Waals surface area contributed by atoms with E-state index in [1.54, 1.807) is 17.4 Å². The van der Waals surface area contributed by atoms with Gasteiger partial charge >= 0.3 is 0 Å². The van der Waals surface area contributed by atoms with E-state index in [1.807, 2.05) is 25.2 Å². The van der Waals surface area contributed by atoms with Gasteiger partial charge in [-0.05, 0) is 20.8 Å². The zero-order chi connectivity index (χ0) is 17.0. The molecule has 0 saturated carbocycles. The first kappa shape index (κ1) is 14.9. The van der Waals surface area contributed by atoms with Crippen molar-refractivity contribution in [3.63, 3.8) is 0 Å². The summed E-state index contributed by atoms with van der Waals surface area (Å²) in [6.07, 6.45) is 0. The first-order valence-electron chi connectivity index (χ1n) is 7.33. The predicted octanol–water partition coefficient (Wildman–Crippen LogP) is 3.47. The highest BCUT2D eigenvalue weighted by Crippen LogP contribution is 2.33. The molecule has 8 heteroatoms. The molecule has 0 amide bonds. The molecule has 0 bridgehead atoms. The standard InChI is InChI=1S/C16H14FN5OS/c1-7-14(24-9(3)18-7)16-19-8(2)15-21-20-13-11(17)5-10(23-4)6-12(13)22(15)16/h5-6H,1-4H3. The second-order valence-electron chi connectivity index (χ2n) is 5.50. The Morgan fingerprint density at radius 1 is 1.08 bits per heavy atom. The molecule has 4 rings (SSSR count). The molecule has 24 heavy (non-hydrogen) atoms. The molecule has 0 N–H and O–H groups in total. The fraction of sp³-hybridized carbons (Fsp3) is 0.250. The van der Waals surface area contributed by atoms with Gasteiger partial charge in [0.25, 0.3) is 0 Å². The van der Waals surface area contributed by atoms with E-state index in [-0.39, 0.29) is 5.52 Å². The third-order valence-electron chi connectivity index (χ3n) is 3.87. The van der Waals surface area contributed by atoms with Crippen molar-refractivity contribution >= 4 is 28.0 Å². The fourth-order valence-corrected chi connectivity index (χ4v) is 3.70. The van der Waals surface area contributed by atoms with E-state index in [1.165, 1.54) is 13.2 Å². The Bertz CT molecular complexity index is 1100. The third-order valence-corrected chi connectivity index (χ3v) is 4.93. The van der Waals surface area contributed by atoms with Crippen LogP contribution in [0.15, 0.2) is 12.1 Å². The van der Waals surface area contributed by atoms with Gasteiger partial charge in [0, 0.05) is 12.1 Å². The molecule has 0 fully saturated rings. The summed E-state index contributed by atoms with van der Waals surface area (Å²) in [5, 5.41) is 9.14. The van der Waals surface area contributed by atoms with Crippen LogP contribution in [-0.4, -0.2) is 31.7 Å². The summed E-state index contributed by atoms with van der Waals surface area (Å²) in [6.45, 7) is 5.75. The number of ether oxygens (including phenoxy) is 1. The van der Waals surface area contributed by atoms with Crippen molar-refractivity contribution in [2.75, 3.05) is 7.11 Å². The number of hydrogen-bond acceptors (Lipinski definition) is 6. The smallest absolute Gasteiger partial charge is 0.183 e. The Balaban J connectivity index is 2.19. The minimum absolute atomic E-state index is 0.181. The van der Waals surface area contributed by atoms with Crippen LogP contribution < -0.4 is 4.74 Å². The van der Waals surface area contributed by atoms with Crippen LogP contribution in [0.3, 0.4) is 0 Å². The Labute approximate surface area is 141 Å². The maximum absolute atomic E-state index is 14.4. The minimum atomic E-state index is -0.478. The minimum Gasteiger partial charge on any atom is -0.497 e. The molecule has 4 aromatic rings. The Morgan fingerprint density at radius 3 is 2.54 bits per heavy atom. The van der Waals surface area contributed by atoms with Crippen molar-refractivity contribution in [3.8, 4) is 16.5 Å². The molecule has 0 aliphatic carbocycles. The van der Waals surface area contributed by atoms with Crippen LogP contribution in [0, 0.1) is 26.6 Å². The maximum atomic E-state index is 14.4. The molecule has 0 atom stereocenters. The van der Waals surface area contributed by atoms with Crippen LogP contribution in [-0.2, 0) is 0 Å². The summed E-state index contributed by atoms with van der Waals surface area (Å²) in [7, 11) is 1.50. The van der Waals surface area contributed by atoms with E-state index in [4.69, 9.17) is 4.74 Å². The number of fused-ring (bicyclic) bond motifs is 3. The number of thiazole rings is 1. The second kappa shape index (κ2) is 5.20. The molecule has 122 valence electrons. The first-order valence-corrected chi connectivity index (χ1v) is 8.14. The van der Waals surface area contributed by atoms with Gasteiger partial charge in [-0.3, -0.25) is 4.40 Å². The zero-order valence-electron chi connectivity index (χ0n) is 13.6. The summed E-state index contributed by atoms with van der Waals surface area (Å²) in [6, 6.07) is 3.04. The number of nitrogens with zero attached hydrogens (tertiary/aromatic N) is 5. The molecule has 0 aliphatic heterocycles. The number of methoxy groups -OCH3 is 1. The Hall–Kier alpha value is -2.61. The molecule has 3 aromatic heterocycles. The molecule has 0 saturated heterocycles. The highest BCUT2D eigenvalue weighted by Gasteiger charge is 2.20. The zero-order valence-corrected chi connectivity index (χ0v) is 14.4. The van der Waals surface area contributed by atoms with E-state index >= 15 is 0 Å². The molecule has 6 nitrogen and oxygen atoms in total. The lowest BCUT2D eigenvalue weighted by molar-refractivity contribution is 0.412. The molecule has 3 heterocycles. The number of aryl methyl sites for hydroxylation is 3. The lowest BCUT2D eigenvalue weighted by Crippen LogP contribution is -2.00. The van der Waals surface area contributed by atoms with Gasteiger partial charge in [0.1, 0.15) is 11.3 Å². The molecular weight excluding hydrogens is 329 g/mol. The van der Waals surface area contributed by atoms with Gasteiger partial charge in [-0.25, -0.2) is 14.4 Å². The van der Waals surface area contributed by atoms with Gasteiger partial charge in [0.2, 0.25) is 0 Å². The molecule has 0 aliphatic rings. The van der Waals surface area contributed by atoms with Gasteiger partial charge in [0.15, 0.2) is 17.3 Å². The average Bonchev–Trinajstić information content (AvgIpc) is 3.06. The van der Waals surface area contributed by atoms with Gasteiger partial charge in [0.05, 0.1) is 33.9 Å². The molecule has 0 radical (unpaired) electrons. The summed E-state index contributed by atoms with van der Waals surface area (Å²) in [4.78, 5) is 10.0. The molecular formula is C16H14FN5OS. The van der Waals surface area contributed by atoms with E-state index < -0.39 is 5.82 Å². The molecule has 1 aromatic carbocycles. The summed E-state index contributed by atoms with van der Waals surface area (Å²) >= 11 is 1.55. The number of imidazole rings is 1. The first-order chi connectivity index (χ1) is 11.5. The lowest BCUT2D eigenvalue weighted by Gasteiger charge is -2.07. The largest absolute Gasteiger partial charge is 0.497 e. The van der Waals surface area contributed by atoms with E-state index in [2.05, 4.69) is 20.2 Å². The highest BCUT2D eigenvalue weighted by atomic mass is 32.1. The van der Waals surface area contributed by atoms with Crippen LogP contribution in [0.5, 0.6) is 5.75 Å². The number of halogens is 1. The third kappa shape index (κ3) is 2.06. The number of hydrogen-bond donors (Lipinski definition) is 0. The Kier molecular flexibility index (Phi) is 3.24. The van der Waals surface area contributed by atoms with Crippen molar-refractivity contribution in [1.82, 2.24) is 24.6 Å². The van der Waals surface area contributed by atoms with Crippen molar-refractivity contribution in [2.45, 2.75) is 20.8 Å². The van der Waals surface area contributed by atoms with Crippen LogP contribution >= 0.6 is 11.3 Å². The maximum Gasteiger partial charge on any atom is 0.183 e. The Morgan fingerprint density at radius 2 is 1.88 bits per heavy atom. The summed E-state index contributed by atoms with van der Waals surface area (Å²) in [5.41, 5.74) is 2.96. The van der Waals surface area contributed by atoms with Gasteiger partial charge in [-0.2, -0.15) is 0 Å². The monoisotopic (exact) mass is 343 g/mol. The van der Waals surface area contributed by atoms with Crippen molar-refractivity contribution in [3.05, 3.63) is 34.3 Å². The van der Waals surface area contributed by atoms with Crippen LogP contribution in [0.1, 0.15) is 16.4 Å². The topological polar surface area (TPSA) is 65.2 Å². The molecule has 0 unspecified atom stereocenters. The summed E-state index contributed by atoms with van der Waals surface area (Å²) < 4.78 is 21.4. The van der Waals surface area contributed by atoms with Crippen molar-refractivity contribution in [2.24, 2.45) is 0 Å². The van der Waals surface area contributed by atoms with Crippen LogP contribution in [0.2, 0.25) is 0 Å². The quantitative estimate of drug-likeness (QED) is 0.557. The van der Waals surface area contributed by atoms with E-state index in [0.29, 0.717) is 22.7 Å². The number of benzene rings is 1. The van der Waals surface area contributed by atoms with E-state index in [0.717, 1.165) is 21.3 Å². The van der Waals surface area contributed by atoms with E-state index in [9.17, 15) is 4.39 Å². The summed E-state index contributed by atoms with van der Waals surface area (Å²) in [5.74, 6) is 0.634. The lowest BCUT2D eigenvalue weighted by atomic mass is 10.2. The normalized spacial score (nSPS) is 11.5. The highest BCUT2D eigenvalue weighted by molar-refractivity contribution is 7.15. The van der Waals surface area contributed by atoms with Crippen LogP contribution in [0.25, 0.3) is 27.4 Å². The predicted molar refractivity (Wildman–Crippen MR) is 90.1 cm³/mol. The van der Waals surface area contributed by atoms with Gasteiger partial charge in [-0.1, -0.05) is 0 Å². The fourth-order valence-electron chi connectivity index (χ4n) is 2.80. The number of aromatic nitrogens is 5. The number of rotatable bonds is 2. The van der Waals surface area contributed by atoms with Crippen molar-refractivity contribution in [1.29, 1.82) is 0 Å². The van der Waals surface area contributed by atoms with Gasteiger partial charge in [-0.15, -0.1) is 21.5 Å². The van der Waals surface area contributed by atoms with Crippen LogP contribution in [0.4, 0.5) is 4.39 Å². The molecule has 0 spiro atoms. The van der Waals surface area contributed by atoms with Gasteiger partial charge < -0.3 is 4.74 Å². The SMILES string of the molecule is COc1cc(F)c2nnc3c(C)nc(-c4sc(C)nc4C)n3c2c1.